The molecule has 0 bridgehead atoms. The van der Waals surface area contributed by atoms with E-state index < -0.39 is 0 Å². The number of para-hydroxylation sites is 1. The number of aryl methyl sites for hydroxylation is 1. The Morgan fingerprint density at radius 2 is 2.29 bits per heavy atom. The van der Waals surface area contributed by atoms with E-state index in [1.807, 2.05) is 12.1 Å². The SMILES string of the molecule is CCC1CC1Nc1c(C)cccc1N. The van der Waals surface area contributed by atoms with Gasteiger partial charge in [-0.25, -0.2) is 0 Å². The first-order chi connectivity index (χ1) is 6.72. The largest absolute Gasteiger partial charge is 0.397 e. The molecule has 0 radical (unpaired) electrons. The molecule has 0 aromatic heterocycles. The van der Waals surface area contributed by atoms with E-state index in [1.54, 1.807) is 0 Å². The maximum absolute atomic E-state index is 5.92. The van der Waals surface area contributed by atoms with Crippen molar-refractivity contribution >= 4 is 11.4 Å². The molecule has 0 aliphatic heterocycles. The van der Waals surface area contributed by atoms with Crippen molar-refractivity contribution in [1.29, 1.82) is 0 Å². The Morgan fingerprint density at radius 3 is 2.86 bits per heavy atom. The fraction of sp³-hybridized carbons (Fsp3) is 0.500. The molecular weight excluding hydrogens is 172 g/mol. The first kappa shape index (κ1) is 9.38. The van der Waals surface area contributed by atoms with E-state index in [-0.39, 0.29) is 0 Å². The maximum Gasteiger partial charge on any atom is 0.0605 e. The summed E-state index contributed by atoms with van der Waals surface area (Å²) in [5.74, 6) is 0.856. The molecule has 0 saturated heterocycles. The number of nitrogens with two attached hydrogens (primary N) is 1. The zero-order chi connectivity index (χ0) is 10.1. The van der Waals surface area contributed by atoms with Gasteiger partial charge in [0.05, 0.1) is 11.4 Å². The summed E-state index contributed by atoms with van der Waals surface area (Å²) in [5.41, 5.74) is 9.16. The Bertz CT molecular complexity index is 313. The van der Waals surface area contributed by atoms with Crippen molar-refractivity contribution in [3.63, 3.8) is 0 Å². The molecule has 0 amide bonds. The molecule has 2 nitrogen and oxygen atoms in total. The first-order valence-corrected chi connectivity index (χ1v) is 5.34. The predicted octanol–water partition coefficient (Wildman–Crippen LogP) is 2.79. The van der Waals surface area contributed by atoms with Gasteiger partial charge in [0, 0.05) is 6.04 Å². The van der Waals surface area contributed by atoms with Crippen LogP contribution < -0.4 is 11.1 Å². The molecule has 2 unspecified atom stereocenters. The Balaban J connectivity index is 2.09. The lowest BCUT2D eigenvalue weighted by molar-refractivity contribution is 0.775. The fourth-order valence-electron chi connectivity index (χ4n) is 1.95. The van der Waals surface area contributed by atoms with Crippen molar-refractivity contribution in [3.05, 3.63) is 23.8 Å². The van der Waals surface area contributed by atoms with Gasteiger partial charge in [-0.05, 0) is 30.9 Å². The second kappa shape index (κ2) is 3.52. The van der Waals surface area contributed by atoms with Crippen molar-refractivity contribution in [2.75, 3.05) is 11.1 Å². The smallest absolute Gasteiger partial charge is 0.0605 e. The van der Waals surface area contributed by atoms with Crippen LogP contribution in [0.4, 0.5) is 11.4 Å². The van der Waals surface area contributed by atoms with Crippen LogP contribution in [0.5, 0.6) is 0 Å². The van der Waals surface area contributed by atoms with Crippen LogP contribution in [0.2, 0.25) is 0 Å². The van der Waals surface area contributed by atoms with Crippen LogP contribution in [-0.4, -0.2) is 6.04 Å². The lowest BCUT2D eigenvalue weighted by Gasteiger charge is -2.11. The third kappa shape index (κ3) is 1.69. The van der Waals surface area contributed by atoms with Crippen LogP contribution in [0.25, 0.3) is 0 Å². The third-order valence-electron chi connectivity index (χ3n) is 3.08. The minimum Gasteiger partial charge on any atom is -0.397 e. The van der Waals surface area contributed by atoms with E-state index >= 15 is 0 Å². The highest BCUT2D eigenvalue weighted by molar-refractivity contribution is 5.70. The van der Waals surface area contributed by atoms with Crippen LogP contribution in [0, 0.1) is 12.8 Å². The molecule has 76 valence electrons. The second-order valence-electron chi connectivity index (χ2n) is 4.19. The molecule has 1 aromatic rings. The third-order valence-corrected chi connectivity index (χ3v) is 3.08. The van der Waals surface area contributed by atoms with Gasteiger partial charge in [-0.3, -0.25) is 0 Å². The molecule has 1 saturated carbocycles. The fourth-order valence-corrected chi connectivity index (χ4v) is 1.95. The van der Waals surface area contributed by atoms with Gasteiger partial charge in [-0.1, -0.05) is 25.5 Å². The van der Waals surface area contributed by atoms with Crippen molar-refractivity contribution in [2.45, 2.75) is 32.7 Å². The Hall–Kier alpha value is -1.18. The molecule has 1 aliphatic rings. The maximum atomic E-state index is 5.92. The van der Waals surface area contributed by atoms with Crippen LogP contribution in [0.3, 0.4) is 0 Å². The van der Waals surface area contributed by atoms with Gasteiger partial charge in [0.1, 0.15) is 0 Å². The summed E-state index contributed by atoms with van der Waals surface area (Å²) < 4.78 is 0. The molecule has 1 aromatic carbocycles. The monoisotopic (exact) mass is 190 g/mol. The standard InChI is InChI=1S/C12H18N2/c1-3-9-7-11(9)14-12-8(2)5-4-6-10(12)13/h4-6,9,11,14H,3,7,13H2,1-2H3. The van der Waals surface area contributed by atoms with Crippen molar-refractivity contribution < 1.29 is 0 Å². The topological polar surface area (TPSA) is 38.0 Å². The molecule has 3 N–H and O–H groups in total. The molecule has 0 heterocycles. The number of anilines is 2. The molecule has 2 rings (SSSR count). The van der Waals surface area contributed by atoms with E-state index in [0.717, 1.165) is 17.3 Å². The molecule has 2 heteroatoms. The minimum atomic E-state index is 0.656. The van der Waals surface area contributed by atoms with E-state index in [4.69, 9.17) is 5.73 Å². The van der Waals surface area contributed by atoms with E-state index in [0.29, 0.717) is 6.04 Å². The Labute approximate surface area is 85.5 Å². The van der Waals surface area contributed by atoms with Crippen molar-refractivity contribution in [1.82, 2.24) is 0 Å². The van der Waals surface area contributed by atoms with Gasteiger partial charge in [-0.15, -0.1) is 0 Å². The van der Waals surface area contributed by atoms with Gasteiger partial charge in [0.25, 0.3) is 0 Å². The van der Waals surface area contributed by atoms with Crippen LogP contribution in [0.1, 0.15) is 25.3 Å². The number of nitrogen functional groups attached to an aromatic ring is 1. The van der Waals surface area contributed by atoms with Gasteiger partial charge in [-0.2, -0.15) is 0 Å². The molecule has 1 aliphatic carbocycles. The molecule has 1 fully saturated rings. The zero-order valence-electron chi connectivity index (χ0n) is 8.88. The zero-order valence-corrected chi connectivity index (χ0v) is 8.88. The summed E-state index contributed by atoms with van der Waals surface area (Å²) in [6.07, 6.45) is 2.56. The van der Waals surface area contributed by atoms with Crippen molar-refractivity contribution in [2.24, 2.45) is 5.92 Å². The minimum absolute atomic E-state index is 0.656. The summed E-state index contributed by atoms with van der Waals surface area (Å²) in [4.78, 5) is 0. The number of nitrogens with one attached hydrogen (secondary N) is 1. The second-order valence-corrected chi connectivity index (χ2v) is 4.19. The Kier molecular flexibility index (Phi) is 2.36. The normalized spacial score (nSPS) is 24.7. The predicted molar refractivity (Wildman–Crippen MR) is 61.4 cm³/mol. The molecule has 14 heavy (non-hydrogen) atoms. The first-order valence-electron chi connectivity index (χ1n) is 5.34. The van der Waals surface area contributed by atoms with Gasteiger partial charge in [0.15, 0.2) is 0 Å². The number of hydrogen-bond acceptors (Lipinski definition) is 2. The average molecular weight is 190 g/mol. The lowest BCUT2D eigenvalue weighted by atomic mass is 10.1. The van der Waals surface area contributed by atoms with E-state index in [2.05, 4.69) is 25.2 Å². The van der Waals surface area contributed by atoms with Gasteiger partial charge >= 0.3 is 0 Å². The molecular formula is C12H18N2. The van der Waals surface area contributed by atoms with Gasteiger partial charge in [0.2, 0.25) is 0 Å². The number of hydrogen-bond donors (Lipinski definition) is 2. The van der Waals surface area contributed by atoms with Crippen LogP contribution in [-0.2, 0) is 0 Å². The van der Waals surface area contributed by atoms with Gasteiger partial charge < -0.3 is 11.1 Å². The average Bonchev–Trinajstić information content (AvgIpc) is 2.90. The van der Waals surface area contributed by atoms with Crippen LogP contribution in [0.15, 0.2) is 18.2 Å². The summed E-state index contributed by atoms with van der Waals surface area (Å²) in [5, 5.41) is 3.53. The number of benzene rings is 1. The highest BCUT2D eigenvalue weighted by Crippen LogP contribution is 2.38. The summed E-state index contributed by atoms with van der Waals surface area (Å²) >= 11 is 0. The quantitative estimate of drug-likeness (QED) is 0.719. The highest BCUT2D eigenvalue weighted by atomic mass is 15.0. The lowest BCUT2D eigenvalue weighted by Crippen LogP contribution is -2.08. The molecule has 2 atom stereocenters. The van der Waals surface area contributed by atoms with Crippen LogP contribution >= 0.6 is 0 Å². The Morgan fingerprint density at radius 1 is 1.50 bits per heavy atom. The van der Waals surface area contributed by atoms with E-state index in [9.17, 15) is 0 Å². The van der Waals surface area contributed by atoms with Crippen molar-refractivity contribution in [3.8, 4) is 0 Å². The summed E-state index contributed by atoms with van der Waals surface area (Å²) in [6.45, 7) is 4.34. The summed E-state index contributed by atoms with van der Waals surface area (Å²) in [6, 6.07) is 6.71. The molecule has 0 spiro atoms. The highest BCUT2D eigenvalue weighted by Gasteiger charge is 2.35. The van der Waals surface area contributed by atoms with E-state index in [1.165, 1.54) is 18.4 Å². The summed E-state index contributed by atoms with van der Waals surface area (Å²) in [7, 11) is 0. The number of rotatable bonds is 3.